The predicted octanol–water partition coefficient (Wildman–Crippen LogP) is -0.970. The highest BCUT2D eigenvalue weighted by Crippen LogP contribution is 2.01. The molecule has 1 nitrogen and oxygen atoms in total. The number of rotatable bonds is 6. The summed E-state index contributed by atoms with van der Waals surface area (Å²) < 4.78 is 0. The Balaban J connectivity index is 0.00000169. The monoisotopic (exact) mass is 203 g/mol. The summed E-state index contributed by atoms with van der Waals surface area (Å²) >= 11 is 0. The summed E-state index contributed by atoms with van der Waals surface area (Å²) in [4.78, 5) is 1.88. The van der Waals surface area contributed by atoms with Gasteiger partial charge in [0.25, 0.3) is 0 Å². The zero-order chi connectivity index (χ0) is 9.36. The topological polar surface area (TPSA) is 4.44 Å². The van der Waals surface area contributed by atoms with Crippen LogP contribution in [0.15, 0.2) is 0 Å². The van der Waals surface area contributed by atoms with Gasteiger partial charge in [0.2, 0.25) is 0 Å². The number of halogens is 1. The third-order valence-electron chi connectivity index (χ3n) is 3.19. The minimum atomic E-state index is 0. The van der Waals surface area contributed by atoms with Crippen molar-refractivity contribution in [2.45, 2.75) is 58.3 Å². The van der Waals surface area contributed by atoms with Crippen LogP contribution in [0, 0.1) is 0 Å². The second-order valence-electron chi connectivity index (χ2n) is 4.47. The fraction of sp³-hybridized carbons (Fsp3) is 1.00. The maximum atomic E-state index is 2.29. The molecular formula is C12H26FN. The summed E-state index contributed by atoms with van der Waals surface area (Å²) in [7, 11) is 0. The molecule has 0 unspecified atom stereocenters. The van der Waals surface area contributed by atoms with Crippen molar-refractivity contribution in [3.8, 4) is 0 Å². The smallest absolute Gasteiger partial charge is 0.0770 e. The van der Waals surface area contributed by atoms with Crippen LogP contribution in [0.2, 0.25) is 0 Å². The molecule has 0 amide bonds. The molecule has 0 radical (unpaired) electrons. The van der Waals surface area contributed by atoms with E-state index < -0.39 is 0 Å². The zero-order valence-electron chi connectivity index (χ0n) is 9.66. The first-order chi connectivity index (χ1) is 6.43. The normalized spacial score (nSPS) is 17.8. The average molecular weight is 203 g/mol. The van der Waals surface area contributed by atoms with Crippen LogP contribution in [-0.2, 0) is 0 Å². The van der Waals surface area contributed by atoms with E-state index in [1.54, 1.807) is 0 Å². The van der Waals surface area contributed by atoms with Gasteiger partial charge in [-0.2, -0.15) is 0 Å². The Kier molecular flexibility index (Phi) is 9.37. The van der Waals surface area contributed by atoms with Crippen molar-refractivity contribution in [3.63, 3.8) is 0 Å². The van der Waals surface area contributed by atoms with Gasteiger partial charge in [0.15, 0.2) is 0 Å². The van der Waals surface area contributed by atoms with Crippen LogP contribution in [-0.4, -0.2) is 19.6 Å². The quantitative estimate of drug-likeness (QED) is 0.530. The molecule has 14 heavy (non-hydrogen) atoms. The molecule has 0 aromatic rings. The van der Waals surface area contributed by atoms with E-state index in [0.29, 0.717) is 0 Å². The van der Waals surface area contributed by atoms with Crippen LogP contribution in [0.4, 0.5) is 0 Å². The molecule has 0 bridgehead atoms. The van der Waals surface area contributed by atoms with Crippen molar-refractivity contribution < 1.29 is 9.60 Å². The van der Waals surface area contributed by atoms with E-state index in [-0.39, 0.29) is 4.70 Å². The van der Waals surface area contributed by atoms with Crippen LogP contribution >= 0.6 is 0 Å². The van der Waals surface area contributed by atoms with Crippen molar-refractivity contribution in [1.82, 2.24) is 0 Å². The molecule has 1 rings (SSSR count). The third kappa shape index (κ3) is 6.36. The Bertz CT molecular complexity index is 111. The lowest BCUT2D eigenvalue weighted by Crippen LogP contribution is -3.12. The highest BCUT2D eigenvalue weighted by atomic mass is 19.0. The van der Waals surface area contributed by atoms with E-state index in [1.165, 1.54) is 71.0 Å². The number of hydrogen-bond donors (Lipinski definition) is 1. The average Bonchev–Trinajstić information content (AvgIpc) is 2.19. The molecule has 0 aromatic carbocycles. The van der Waals surface area contributed by atoms with Crippen molar-refractivity contribution >= 4 is 0 Å². The van der Waals surface area contributed by atoms with Gasteiger partial charge in [0.05, 0.1) is 19.6 Å². The summed E-state index contributed by atoms with van der Waals surface area (Å²) in [6, 6.07) is 0. The molecule has 1 fully saturated rings. The lowest BCUT2D eigenvalue weighted by molar-refractivity contribution is -0.905. The highest BCUT2D eigenvalue weighted by molar-refractivity contribution is 4.47. The molecule has 1 N–H and O–H groups in total. The van der Waals surface area contributed by atoms with Crippen LogP contribution in [0.3, 0.4) is 0 Å². The number of nitrogens with one attached hydrogen (secondary N) is 1. The van der Waals surface area contributed by atoms with Crippen LogP contribution in [0.25, 0.3) is 0 Å². The third-order valence-corrected chi connectivity index (χ3v) is 3.19. The maximum absolute atomic E-state index is 2.29. The summed E-state index contributed by atoms with van der Waals surface area (Å²) in [5.74, 6) is 0. The van der Waals surface area contributed by atoms with Gasteiger partial charge in [-0.3, -0.25) is 0 Å². The van der Waals surface area contributed by atoms with Crippen molar-refractivity contribution in [2.24, 2.45) is 0 Å². The SMILES string of the molecule is CCCCCCC[NH+]1CCCCC1.[F-]. The lowest BCUT2D eigenvalue weighted by Gasteiger charge is -2.23. The predicted molar refractivity (Wildman–Crippen MR) is 58.2 cm³/mol. The fourth-order valence-electron chi connectivity index (χ4n) is 2.28. The second-order valence-corrected chi connectivity index (χ2v) is 4.47. The number of hydrogen-bond acceptors (Lipinski definition) is 0. The first kappa shape index (κ1) is 13.9. The van der Waals surface area contributed by atoms with Gasteiger partial charge in [-0.25, -0.2) is 0 Å². The summed E-state index contributed by atoms with van der Waals surface area (Å²) in [6.07, 6.45) is 11.6. The Morgan fingerprint density at radius 3 is 2.14 bits per heavy atom. The summed E-state index contributed by atoms with van der Waals surface area (Å²) in [5.41, 5.74) is 0. The highest BCUT2D eigenvalue weighted by Gasteiger charge is 2.11. The van der Waals surface area contributed by atoms with E-state index in [9.17, 15) is 0 Å². The molecular weight excluding hydrogens is 177 g/mol. The first-order valence-electron chi connectivity index (χ1n) is 6.27. The molecule has 0 atom stereocenters. The van der Waals surface area contributed by atoms with Gasteiger partial charge in [-0.15, -0.1) is 0 Å². The van der Waals surface area contributed by atoms with Crippen LogP contribution < -0.4 is 9.60 Å². The van der Waals surface area contributed by atoms with Gasteiger partial charge in [0.1, 0.15) is 0 Å². The zero-order valence-corrected chi connectivity index (χ0v) is 9.66. The fourth-order valence-corrected chi connectivity index (χ4v) is 2.28. The Morgan fingerprint density at radius 2 is 1.50 bits per heavy atom. The number of quaternary nitrogens is 1. The van der Waals surface area contributed by atoms with Gasteiger partial charge >= 0.3 is 0 Å². The maximum Gasteiger partial charge on any atom is 0.0770 e. The van der Waals surface area contributed by atoms with Gasteiger partial charge in [-0.1, -0.05) is 26.2 Å². The first-order valence-corrected chi connectivity index (χ1v) is 6.27. The minimum absolute atomic E-state index is 0. The number of piperidine rings is 1. The number of unbranched alkanes of at least 4 members (excludes halogenated alkanes) is 4. The van der Waals surface area contributed by atoms with E-state index >= 15 is 0 Å². The van der Waals surface area contributed by atoms with E-state index in [0.717, 1.165) is 0 Å². The molecule has 0 saturated carbocycles. The second kappa shape index (κ2) is 9.45. The van der Waals surface area contributed by atoms with E-state index in [1.807, 2.05) is 4.90 Å². The Morgan fingerprint density at radius 1 is 0.857 bits per heavy atom. The van der Waals surface area contributed by atoms with Crippen LogP contribution in [0.5, 0.6) is 0 Å². The molecule has 1 heterocycles. The lowest BCUT2D eigenvalue weighted by atomic mass is 10.1. The van der Waals surface area contributed by atoms with E-state index in [2.05, 4.69) is 6.92 Å². The van der Waals surface area contributed by atoms with Crippen molar-refractivity contribution in [3.05, 3.63) is 0 Å². The van der Waals surface area contributed by atoms with Gasteiger partial charge in [0, 0.05) is 0 Å². The molecule has 1 aliphatic heterocycles. The summed E-state index contributed by atoms with van der Waals surface area (Å²) in [5, 5.41) is 0. The van der Waals surface area contributed by atoms with E-state index in [4.69, 9.17) is 0 Å². The summed E-state index contributed by atoms with van der Waals surface area (Å²) in [6.45, 7) is 6.64. The largest absolute Gasteiger partial charge is 1.00 e. The Labute approximate surface area is 88.2 Å². The molecule has 2 heteroatoms. The molecule has 0 aromatic heterocycles. The van der Waals surface area contributed by atoms with Gasteiger partial charge in [-0.05, 0) is 32.1 Å². The minimum Gasteiger partial charge on any atom is -1.00 e. The Hall–Kier alpha value is -0.110. The molecule has 0 spiro atoms. The van der Waals surface area contributed by atoms with Crippen LogP contribution in [0.1, 0.15) is 58.3 Å². The standard InChI is InChI=1S/C12H25N.FH/c1-2-3-4-5-7-10-13-11-8-6-9-12-13;/h2-12H2,1H3;1H. The van der Waals surface area contributed by atoms with Gasteiger partial charge < -0.3 is 9.60 Å². The molecule has 1 saturated heterocycles. The molecule has 1 aliphatic rings. The molecule has 0 aliphatic carbocycles. The molecule has 86 valence electrons. The van der Waals surface area contributed by atoms with Crippen molar-refractivity contribution in [1.29, 1.82) is 0 Å². The van der Waals surface area contributed by atoms with Crippen molar-refractivity contribution in [2.75, 3.05) is 19.6 Å². The number of likely N-dealkylation sites (tertiary alicyclic amines) is 1.